The molecule has 2 aromatic carbocycles. The number of aromatic nitrogens is 5. The van der Waals surface area contributed by atoms with Gasteiger partial charge in [-0.1, -0.05) is 35.9 Å². The van der Waals surface area contributed by atoms with E-state index in [1.807, 2.05) is 30.3 Å². The lowest BCUT2D eigenvalue weighted by atomic mass is 10.1. The minimum Gasteiger partial charge on any atom is -0.346 e. The van der Waals surface area contributed by atoms with E-state index in [4.69, 9.17) is 16.6 Å². The molecule has 1 aliphatic heterocycles. The molecule has 1 aliphatic rings. The van der Waals surface area contributed by atoms with Gasteiger partial charge in [0, 0.05) is 18.8 Å². The molecule has 0 saturated carbocycles. The van der Waals surface area contributed by atoms with Crippen molar-refractivity contribution in [3.05, 3.63) is 98.5 Å². The molecule has 5 aromatic rings. The predicted octanol–water partition coefficient (Wildman–Crippen LogP) is 4.01. The summed E-state index contributed by atoms with van der Waals surface area (Å²) in [4.78, 5) is 45.2. The van der Waals surface area contributed by atoms with Crippen molar-refractivity contribution in [3.8, 4) is 5.69 Å². The normalized spacial score (nSPS) is 15.9. The summed E-state index contributed by atoms with van der Waals surface area (Å²) in [5.74, 6) is 1.12. The van der Waals surface area contributed by atoms with Gasteiger partial charge in [-0.3, -0.25) is 14.2 Å². The molecule has 1 N–H and O–H groups in total. The van der Waals surface area contributed by atoms with Crippen molar-refractivity contribution in [1.29, 1.82) is 0 Å². The summed E-state index contributed by atoms with van der Waals surface area (Å²) in [6, 6.07) is 15.9. The number of nitrogens with one attached hydrogen (secondary N) is 1. The number of nitrogens with zero attached hydrogens (tertiary/aromatic N) is 5. The number of pyridine rings is 1. The van der Waals surface area contributed by atoms with Crippen molar-refractivity contribution in [1.82, 2.24) is 24.5 Å². The lowest BCUT2D eigenvalue weighted by Crippen LogP contribution is -2.32. The molecule has 8 nitrogen and oxygen atoms in total. The van der Waals surface area contributed by atoms with Crippen molar-refractivity contribution in [2.75, 3.05) is 11.4 Å². The van der Waals surface area contributed by atoms with Crippen molar-refractivity contribution < 1.29 is 0 Å². The minimum atomic E-state index is -0.269. The van der Waals surface area contributed by atoms with Crippen molar-refractivity contribution in [3.63, 3.8) is 0 Å². The summed E-state index contributed by atoms with van der Waals surface area (Å²) in [5, 5.41) is 1.17. The molecule has 168 valence electrons. The highest BCUT2D eigenvalue weighted by Crippen LogP contribution is 2.37. The van der Waals surface area contributed by atoms with Crippen LogP contribution in [0.1, 0.15) is 24.7 Å². The van der Waals surface area contributed by atoms with Crippen molar-refractivity contribution in [2.24, 2.45) is 0 Å². The first-order valence-corrected chi connectivity index (χ1v) is 11.4. The third-order valence-electron chi connectivity index (χ3n) is 6.24. The Morgan fingerprint density at radius 3 is 2.68 bits per heavy atom. The number of halogens is 1. The van der Waals surface area contributed by atoms with Crippen molar-refractivity contribution >= 4 is 39.4 Å². The van der Waals surface area contributed by atoms with E-state index < -0.39 is 0 Å². The van der Waals surface area contributed by atoms with Crippen LogP contribution >= 0.6 is 11.6 Å². The monoisotopic (exact) mass is 470 g/mol. The Hall–Kier alpha value is -4.04. The molecule has 34 heavy (non-hydrogen) atoms. The van der Waals surface area contributed by atoms with Gasteiger partial charge in [-0.25, -0.2) is 15.0 Å². The number of fused-ring (bicyclic) bond motifs is 2. The Kier molecular flexibility index (Phi) is 4.88. The van der Waals surface area contributed by atoms with Gasteiger partial charge < -0.3 is 9.88 Å². The molecular formula is C25H19ClN6O2. The first-order chi connectivity index (χ1) is 16.6. The van der Waals surface area contributed by atoms with Crippen LogP contribution in [0.5, 0.6) is 0 Å². The van der Waals surface area contributed by atoms with Gasteiger partial charge in [-0.15, -0.1) is 0 Å². The van der Waals surface area contributed by atoms with E-state index in [0.29, 0.717) is 50.8 Å². The fourth-order valence-corrected chi connectivity index (χ4v) is 5.01. The fourth-order valence-electron chi connectivity index (χ4n) is 4.76. The molecule has 0 unspecified atom stereocenters. The Morgan fingerprint density at radius 1 is 0.971 bits per heavy atom. The van der Waals surface area contributed by atoms with Crippen LogP contribution in [0.2, 0.25) is 5.02 Å². The first kappa shape index (κ1) is 20.6. The zero-order chi connectivity index (χ0) is 23.2. The van der Waals surface area contributed by atoms with Crippen LogP contribution in [0.25, 0.3) is 27.6 Å². The summed E-state index contributed by atoms with van der Waals surface area (Å²) < 4.78 is 1.63. The van der Waals surface area contributed by atoms with E-state index in [9.17, 15) is 9.59 Å². The summed E-state index contributed by atoms with van der Waals surface area (Å²) >= 11 is 6.42. The molecule has 0 spiro atoms. The largest absolute Gasteiger partial charge is 0.346 e. The zero-order valence-electron chi connectivity index (χ0n) is 18.0. The quantitative estimate of drug-likeness (QED) is 0.428. The lowest BCUT2D eigenvalue weighted by Gasteiger charge is -2.28. The van der Waals surface area contributed by atoms with Crippen molar-refractivity contribution in [2.45, 2.75) is 18.9 Å². The third-order valence-corrected chi connectivity index (χ3v) is 6.55. The summed E-state index contributed by atoms with van der Waals surface area (Å²) in [6.07, 6.45) is 4.63. The van der Waals surface area contributed by atoms with E-state index in [2.05, 4.69) is 19.9 Å². The van der Waals surface area contributed by atoms with Crippen LogP contribution in [-0.4, -0.2) is 31.0 Å². The zero-order valence-corrected chi connectivity index (χ0v) is 18.7. The second-order valence-electron chi connectivity index (χ2n) is 8.19. The molecule has 9 heteroatoms. The topological polar surface area (TPSA) is 96.8 Å². The molecule has 1 atom stereocenters. The average molecular weight is 471 g/mol. The molecule has 6 rings (SSSR count). The number of hydrogen-bond acceptors (Lipinski definition) is 6. The van der Waals surface area contributed by atoms with Gasteiger partial charge in [-0.05, 0) is 37.1 Å². The highest BCUT2D eigenvalue weighted by atomic mass is 35.5. The summed E-state index contributed by atoms with van der Waals surface area (Å²) in [6.45, 7) is 0.670. The molecule has 0 amide bonds. The number of benzene rings is 2. The van der Waals surface area contributed by atoms with Crippen LogP contribution in [0.4, 0.5) is 5.82 Å². The van der Waals surface area contributed by atoms with E-state index in [1.165, 1.54) is 12.4 Å². The molecule has 4 heterocycles. The van der Waals surface area contributed by atoms with Crippen LogP contribution in [-0.2, 0) is 0 Å². The number of hydrogen-bond donors (Lipinski definition) is 1. The van der Waals surface area contributed by atoms with Gasteiger partial charge in [0.25, 0.3) is 5.56 Å². The summed E-state index contributed by atoms with van der Waals surface area (Å²) in [5.41, 5.74) is 1.33. The summed E-state index contributed by atoms with van der Waals surface area (Å²) in [7, 11) is 0. The van der Waals surface area contributed by atoms with Gasteiger partial charge in [0.2, 0.25) is 0 Å². The van der Waals surface area contributed by atoms with Gasteiger partial charge in [0.15, 0.2) is 5.43 Å². The standard InChI is InChI=1S/C25H19ClN6O2/c26-16-8-4-9-17-20(16)25(34)32(15-6-2-1-3-7-15)23(30-17)18-10-5-13-31(18)24-21-19(33)11-12-27-22(21)28-14-29-24/h1-4,6-9,11-12,14,18H,5,10,13H2,(H,27,28,29,33)/t18-/m0/s1. The Bertz CT molecular complexity index is 1660. The lowest BCUT2D eigenvalue weighted by molar-refractivity contribution is 0.634. The molecule has 1 saturated heterocycles. The number of para-hydroxylation sites is 1. The van der Waals surface area contributed by atoms with Crippen LogP contribution < -0.4 is 15.9 Å². The number of H-pyrrole nitrogens is 1. The molecule has 3 aromatic heterocycles. The van der Waals surface area contributed by atoms with Gasteiger partial charge in [-0.2, -0.15) is 0 Å². The molecule has 1 fully saturated rings. The van der Waals surface area contributed by atoms with E-state index in [1.54, 1.807) is 29.0 Å². The Labute approximate surface area is 198 Å². The number of anilines is 1. The van der Waals surface area contributed by atoms with Crippen LogP contribution in [0, 0.1) is 0 Å². The molecule has 0 radical (unpaired) electrons. The maximum absolute atomic E-state index is 13.8. The maximum atomic E-state index is 13.8. The average Bonchev–Trinajstić information content (AvgIpc) is 3.34. The Balaban J connectivity index is 1.63. The fraction of sp³-hybridized carbons (Fsp3) is 0.160. The smallest absolute Gasteiger partial charge is 0.267 e. The van der Waals surface area contributed by atoms with E-state index in [-0.39, 0.29) is 17.0 Å². The third kappa shape index (κ3) is 3.18. The SMILES string of the molecule is O=c1cc[nH]c2ncnc(N3CCC[C@H]3c3nc4cccc(Cl)c4c(=O)n3-c3ccccc3)c12. The first-order valence-electron chi connectivity index (χ1n) is 11.0. The maximum Gasteiger partial charge on any atom is 0.267 e. The van der Waals surface area contributed by atoms with Gasteiger partial charge >= 0.3 is 0 Å². The highest BCUT2D eigenvalue weighted by molar-refractivity contribution is 6.35. The Morgan fingerprint density at radius 2 is 1.82 bits per heavy atom. The molecular weight excluding hydrogens is 452 g/mol. The van der Waals surface area contributed by atoms with Gasteiger partial charge in [0.05, 0.1) is 27.7 Å². The molecule has 0 bridgehead atoms. The number of aromatic amines is 1. The highest BCUT2D eigenvalue weighted by Gasteiger charge is 2.33. The van der Waals surface area contributed by atoms with E-state index >= 15 is 0 Å². The second-order valence-corrected chi connectivity index (χ2v) is 8.60. The van der Waals surface area contributed by atoms with Crippen LogP contribution in [0.3, 0.4) is 0 Å². The van der Waals surface area contributed by atoms with Gasteiger partial charge in [0.1, 0.15) is 29.0 Å². The predicted molar refractivity (Wildman–Crippen MR) is 132 cm³/mol. The minimum absolute atomic E-state index is 0.159. The number of rotatable bonds is 3. The van der Waals surface area contributed by atoms with E-state index in [0.717, 1.165) is 12.8 Å². The molecule has 0 aliphatic carbocycles. The second kappa shape index (κ2) is 8.07. The van der Waals surface area contributed by atoms with Crippen LogP contribution in [0.15, 0.2) is 76.7 Å².